The molecular weight excluding hydrogens is 1090 g/mol. The third-order valence-corrected chi connectivity index (χ3v) is 11.5. The molecule has 0 aliphatic carbocycles. The quantitative estimate of drug-likeness (QED) is 0.0513. The Morgan fingerprint density at radius 1 is 0.286 bits per heavy atom. The first-order valence-corrected chi connectivity index (χ1v) is 29.3. The van der Waals surface area contributed by atoms with Crippen molar-refractivity contribution in [3.05, 3.63) is 36.4 Å². The Bertz CT molecular complexity index is 1700. The van der Waals surface area contributed by atoms with Crippen LogP contribution in [0.1, 0.15) is 27.1 Å². The van der Waals surface area contributed by atoms with Gasteiger partial charge in [-0.2, -0.15) is 16.8 Å². The molecule has 2 rings (SSSR count). The minimum absolute atomic E-state index is 0. The van der Waals surface area contributed by atoms with Gasteiger partial charge in [-0.1, -0.05) is 24.3 Å². The Morgan fingerprint density at radius 2 is 0.468 bits per heavy atom. The summed E-state index contributed by atoms with van der Waals surface area (Å²) in [5.41, 5.74) is 0. The van der Waals surface area contributed by atoms with Crippen LogP contribution in [-0.2, 0) is 96.0 Å². The second-order valence-electron chi connectivity index (χ2n) is 16.1. The summed E-state index contributed by atoms with van der Waals surface area (Å²) in [6.07, 6.45) is 1.82. The third kappa shape index (κ3) is 51.7. The van der Waals surface area contributed by atoms with Crippen LogP contribution in [0.15, 0.2) is 36.4 Å². The van der Waals surface area contributed by atoms with E-state index < -0.39 is 20.2 Å². The summed E-state index contributed by atoms with van der Waals surface area (Å²) in [7, 11) is -7.81. The van der Waals surface area contributed by atoms with Gasteiger partial charge in [0.25, 0.3) is 20.2 Å². The molecule has 24 nitrogen and oxygen atoms in total. The van der Waals surface area contributed by atoms with Crippen molar-refractivity contribution in [2.24, 2.45) is 0 Å². The molecule has 0 fully saturated rings. The van der Waals surface area contributed by atoms with Crippen molar-refractivity contribution in [3.63, 3.8) is 0 Å². The molecule has 0 aliphatic rings. The van der Waals surface area contributed by atoms with E-state index in [1.807, 2.05) is 36.4 Å². The average molecular weight is 1180 g/mol. The zero-order chi connectivity index (χ0) is 54.6. The van der Waals surface area contributed by atoms with Crippen molar-refractivity contribution in [2.75, 3.05) is 236 Å². The molecular formula is C50H89KO24S2. The normalized spacial score (nSPS) is 11.9. The molecule has 0 heterocycles. The van der Waals surface area contributed by atoms with E-state index in [9.17, 15) is 16.8 Å². The monoisotopic (exact) mass is 1180 g/mol. The van der Waals surface area contributed by atoms with Gasteiger partial charge in [0.2, 0.25) is 0 Å². The molecule has 27 heteroatoms. The van der Waals surface area contributed by atoms with E-state index in [1.54, 1.807) is 0 Å². The van der Waals surface area contributed by atoms with Gasteiger partial charge in [0.15, 0.2) is 11.5 Å². The molecule has 446 valence electrons. The van der Waals surface area contributed by atoms with Gasteiger partial charge in [0.1, 0.15) is 13.2 Å². The summed E-state index contributed by atoms with van der Waals surface area (Å²) < 4.78 is 160. The van der Waals surface area contributed by atoms with Crippen LogP contribution in [0.25, 0.3) is 10.8 Å². The predicted molar refractivity (Wildman–Crippen MR) is 280 cm³/mol. The first-order chi connectivity index (χ1) is 37.1. The number of benzene rings is 2. The molecule has 0 bridgehead atoms. The SMILES string of the molecule is O=S(=O)(O)CCCCOCCOCCOCCOCCOCCOCCOCCOCCOc1cc2ccccc2cc1OCCOCCOCCOCCOCCOCCOCCOCCOCCCCS(=O)(=O)O.[H-].[K+]. The van der Waals surface area contributed by atoms with Gasteiger partial charge in [0.05, 0.1) is 210 Å². The van der Waals surface area contributed by atoms with Gasteiger partial charge in [-0.3, -0.25) is 9.11 Å². The van der Waals surface area contributed by atoms with E-state index in [2.05, 4.69) is 0 Å². The van der Waals surface area contributed by atoms with Crippen molar-refractivity contribution >= 4 is 31.0 Å². The average Bonchev–Trinajstić information content (AvgIpc) is 3.39. The first-order valence-electron chi connectivity index (χ1n) is 26.1. The number of ether oxygens (including phenoxy) is 18. The van der Waals surface area contributed by atoms with Crippen molar-refractivity contribution in [3.8, 4) is 11.5 Å². The van der Waals surface area contributed by atoms with Crippen molar-refractivity contribution in [1.29, 1.82) is 0 Å². The summed E-state index contributed by atoms with van der Waals surface area (Å²) in [5, 5.41) is 2.08. The Hall–Kier alpha value is -0.884. The molecule has 0 spiro atoms. The molecule has 0 aromatic heterocycles. The van der Waals surface area contributed by atoms with Crippen molar-refractivity contribution < 1.29 is 164 Å². The summed E-state index contributed by atoms with van der Waals surface area (Å²) in [5.74, 6) is 0.747. The molecule has 2 N–H and O–H groups in total. The Morgan fingerprint density at radius 3 is 0.662 bits per heavy atom. The molecule has 0 aliphatic heterocycles. The predicted octanol–water partition coefficient (Wildman–Crippen LogP) is 0.316. The maximum absolute atomic E-state index is 10.6. The van der Waals surface area contributed by atoms with E-state index in [-0.39, 0.29) is 64.3 Å². The van der Waals surface area contributed by atoms with Gasteiger partial charge in [0, 0.05) is 13.2 Å². The van der Waals surface area contributed by atoms with E-state index in [4.69, 9.17) is 94.4 Å². The van der Waals surface area contributed by atoms with E-state index in [0.717, 1.165) is 10.8 Å². The van der Waals surface area contributed by atoms with Crippen molar-refractivity contribution in [2.45, 2.75) is 25.7 Å². The largest absolute Gasteiger partial charge is 1.00 e. The molecule has 0 unspecified atom stereocenters. The van der Waals surface area contributed by atoms with E-state index in [0.29, 0.717) is 262 Å². The van der Waals surface area contributed by atoms with Crippen LogP contribution >= 0.6 is 0 Å². The first kappa shape index (κ1) is 74.1. The van der Waals surface area contributed by atoms with Gasteiger partial charge in [-0.15, -0.1) is 0 Å². The summed E-state index contributed by atoms with van der Waals surface area (Å²) in [6.45, 7) is 14.6. The van der Waals surface area contributed by atoms with Gasteiger partial charge < -0.3 is 86.7 Å². The summed E-state index contributed by atoms with van der Waals surface area (Å²) >= 11 is 0. The van der Waals surface area contributed by atoms with Gasteiger partial charge >= 0.3 is 51.4 Å². The minimum Gasteiger partial charge on any atom is -1.00 e. The molecule has 0 atom stereocenters. The maximum atomic E-state index is 10.6. The van der Waals surface area contributed by atoms with Crippen LogP contribution in [0.3, 0.4) is 0 Å². The Labute approximate surface area is 500 Å². The summed E-state index contributed by atoms with van der Waals surface area (Å²) in [4.78, 5) is 0. The fourth-order valence-corrected chi connectivity index (χ4v) is 7.24. The Balaban J connectivity index is 0.0000296. The number of fused-ring (bicyclic) bond motifs is 1. The molecule has 0 amide bonds. The van der Waals surface area contributed by atoms with E-state index in [1.165, 1.54) is 0 Å². The molecule has 0 radical (unpaired) electrons. The van der Waals surface area contributed by atoms with Crippen LogP contribution in [0, 0.1) is 0 Å². The van der Waals surface area contributed by atoms with Crippen LogP contribution in [0.5, 0.6) is 11.5 Å². The third-order valence-electron chi connectivity index (χ3n) is 9.87. The van der Waals surface area contributed by atoms with Crippen molar-refractivity contribution in [1.82, 2.24) is 0 Å². The maximum Gasteiger partial charge on any atom is 1.00 e. The zero-order valence-electron chi connectivity index (χ0n) is 46.4. The smallest absolute Gasteiger partial charge is 1.00 e. The van der Waals surface area contributed by atoms with Crippen LogP contribution in [0.2, 0.25) is 0 Å². The minimum atomic E-state index is -3.91. The molecule has 2 aromatic carbocycles. The molecule has 0 saturated heterocycles. The number of hydrogen-bond donors (Lipinski definition) is 2. The number of hydrogen-bond acceptors (Lipinski definition) is 22. The van der Waals surface area contributed by atoms with Crippen LogP contribution in [0.4, 0.5) is 0 Å². The fourth-order valence-electron chi connectivity index (χ4n) is 6.11. The molecule has 77 heavy (non-hydrogen) atoms. The number of rotatable bonds is 60. The van der Waals surface area contributed by atoms with Crippen LogP contribution < -0.4 is 60.9 Å². The summed E-state index contributed by atoms with van der Waals surface area (Å²) in [6, 6.07) is 11.9. The van der Waals surface area contributed by atoms with Crippen LogP contribution in [-0.4, -0.2) is 262 Å². The number of unbranched alkanes of at least 4 members (excludes halogenated alkanes) is 2. The van der Waals surface area contributed by atoms with Gasteiger partial charge in [-0.25, -0.2) is 0 Å². The van der Waals surface area contributed by atoms with Gasteiger partial charge in [-0.05, 0) is 48.6 Å². The van der Waals surface area contributed by atoms with E-state index >= 15 is 0 Å². The fraction of sp³-hybridized carbons (Fsp3) is 0.800. The standard InChI is InChI=1S/C50H88O24S2.K.H/c51-75(52,53)43-5-3-9-57-11-13-59-15-17-61-19-21-63-23-25-65-27-29-67-31-33-69-35-37-71-39-41-73-49-45-47-7-1-2-8-48(47)46-50(49)74-42-40-72-38-36-70-34-32-68-30-28-66-26-24-64-22-20-62-18-16-60-14-12-58-10-4-6-44-76(54,55)56;;/h1-2,7-8,45-46H,3-6,9-44H2,(H,51,52,53)(H,54,55,56);;/q;+1;-1. The second kappa shape index (κ2) is 54.4. The zero-order valence-corrected chi connectivity index (χ0v) is 50.2. The molecule has 2 aromatic rings. The Kier molecular flexibility index (Phi) is 52.3. The molecule has 0 saturated carbocycles. The second-order valence-corrected chi connectivity index (χ2v) is 19.3. The topological polar surface area (TPSA) is 275 Å².